The van der Waals surface area contributed by atoms with Crippen LogP contribution in [0.2, 0.25) is 0 Å². The molecule has 2 unspecified atom stereocenters. The number of esters is 1. The van der Waals surface area contributed by atoms with E-state index in [1.54, 1.807) is 0 Å². The summed E-state index contributed by atoms with van der Waals surface area (Å²) < 4.78 is 5.26. The second-order valence-electron chi connectivity index (χ2n) is 4.94. The Labute approximate surface area is 91.7 Å². The zero-order chi connectivity index (χ0) is 10.7. The van der Waals surface area contributed by atoms with Crippen LogP contribution in [0.3, 0.4) is 0 Å². The molecule has 2 atom stereocenters. The first kappa shape index (κ1) is 10.7. The number of carbonyl (C=O) groups is 1. The molecule has 0 radical (unpaired) electrons. The van der Waals surface area contributed by atoms with Gasteiger partial charge in [0.1, 0.15) is 0 Å². The van der Waals surface area contributed by atoms with Crippen LogP contribution in [0.4, 0.5) is 0 Å². The Morgan fingerprint density at radius 2 is 2.33 bits per heavy atom. The van der Waals surface area contributed by atoms with Crippen molar-refractivity contribution < 1.29 is 9.53 Å². The molecule has 2 nitrogen and oxygen atoms in total. The summed E-state index contributed by atoms with van der Waals surface area (Å²) in [6.07, 6.45) is 8.72. The summed E-state index contributed by atoms with van der Waals surface area (Å²) in [4.78, 5) is 11.5. The van der Waals surface area contributed by atoms with Crippen molar-refractivity contribution in [3.63, 3.8) is 0 Å². The van der Waals surface area contributed by atoms with Gasteiger partial charge >= 0.3 is 5.97 Å². The predicted octanol–water partition coefficient (Wildman–Crippen LogP) is 3.08. The summed E-state index contributed by atoms with van der Waals surface area (Å²) in [6.45, 7) is 2.86. The summed E-state index contributed by atoms with van der Waals surface area (Å²) in [5.74, 6) is 1.39. The van der Waals surface area contributed by atoms with Gasteiger partial charge in [0.15, 0.2) is 0 Å². The quantitative estimate of drug-likeness (QED) is 0.524. The van der Waals surface area contributed by atoms with Crippen LogP contribution in [0.1, 0.15) is 45.4 Å². The summed E-state index contributed by atoms with van der Waals surface area (Å²) in [7, 11) is 0. The van der Waals surface area contributed by atoms with Gasteiger partial charge in [-0.15, -0.1) is 0 Å². The van der Waals surface area contributed by atoms with E-state index in [1.165, 1.54) is 24.8 Å². The van der Waals surface area contributed by atoms with Crippen LogP contribution >= 0.6 is 0 Å². The Hall–Kier alpha value is -0.790. The molecule has 2 aliphatic carbocycles. The number of hydrogen-bond donors (Lipinski definition) is 0. The fourth-order valence-electron chi connectivity index (χ4n) is 2.13. The van der Waals surface area contributed by atoms with Gasteiger partial charge in [-0.25, -0.2) is 0 Å². The van der Waals surface area contributed by atoms with Crippen molar-refractivity contribution in [3.8, 4) is 0 Å². The average molecular weight is 208 g/mol. The number of rotatable bonds is 4. The standard InChI is InChI=1S/C13H20O2/c1-10-7-12(10)9-15-13(14)8-11-5-3-2-4-6-11/h5,10,12H,2-4,6-9H2,1H3. The molecule has 1 saturated carbocycles. The number of carbonyl (C=O) groups excluding carboxylic acids is 1. The lowest BCUT2D eigenvalue weighted by Gasteiger charge is -2.11. The van der Waals surface area contributed by atoms with E-state index in [4.69, 9.17) is 4.74 Å². The lowest BCUT2D eigenvalue weighted by Crippen LogP contribution is -2.09. The van der Waals surface area contributed by atoms with Crippen LogP contribution < -0.4 is 0 Å². The molecular weight excluding hydrogens is 188 g/mol. The summed E-state index contributed by atoms with van der Waals surface area (Å²) >= 11 is 0. The monoisotopic (exact) mass is 208 g/mol. The van der Waals surface area contributed by atoms with E-state index in [2.05, 4.69) is 13.0 Å². The summed E-state index contributed by atoms with van der Waals surface area (Å²) in [5.41, 5.74) is 1.29. The molecule has 0 spiro atoms. The van der Waals surface area contributed by atoms with E-state index in [0.29, 0.717) is 18.9 Å². The van der Waals surface area contributed by atoms with Crippen molar-refractivity contribution >= 4 is 5.97 Å². The molecule has 0 aromatic rings. The first-order chi connectivity index (χ1) is 7.25. The van der Waals surface area contributed by atoms with Crippen LogP contribution in [-0.2, 0) is 9.53 Å². The van der Waals surface area contributed by atoms with Gasteiger partial charge in [-0.2, -0.15) is 0 Å². The summed E-state index contributed by atoms with van der Waals surface area (Å²) in [5, 5.41) is 0. The van der Waals surface area contributed by atoms with Crippen LogP contribution in [-0.4, -0.2) is 12.6 Å². The van der Waals surface area contributed by atoms with Crippen molar-refractivity contribution in [1.29, 1.82) is 0 Å². The summed E-state index contributed by atoms with van der Waals surface area (Å²) in [6, 6.07) is 0. The van der Waals surface area contributed by atoms with Gasteiger partial charge in [0.05, 0.1) is 13.0 Å². The normalized spacial score (nSPS) is 29.5. The number of ether oxygens (including phenoxy) is 1. The smallest absolute Gasteiger partial charge is 0.309 e. The van der Waals surface area contributed by atoms with Crippen LogP contribution in [0.5, 0.6) is 0 Å². The molecule has 0 aromatic carbocycles. The third-order valence-electron chi connectivity index (χ3n) is 3.49. The Morgan fingerprint density at radius 1 is 1.53 bits per heavy atom. The predicted molar refractivity (Wildman–Crippen MR) is 59.4 cm³/mol. The van der Waals surface area contributed by atoms with Crippen molar-refractivity contribution in [2.45, 2.75) is 45.4 Å². The van der Waals surface area contributed by atoms with Gasteiger partial charge in [-0.1, -0.05) is 18.6 Å². The molecule has 0 saturated heterocycles. The maximum absolute atomic E-state index is 11.5. The first-order valence-corrected chi connectivity index (χ1v) is 6.09. The van der Waals surface area contributed by atoms with Crippen LogP contribution in [0.15, 0.2) is 11.6 Å². The highest BCUT2D eigenvalue weighted by molar-refractivity contribution is 5.72. The zero-order valence-corrected chi connectivity index (χ0v) is 9.50. The fraction of sp³-hybridized carbons (Fsp3) is 0.769. The Bertz CT molecular complexity index is 268. The molecule has 84 valence electrons. The maximum atomic E-state index is 11.5. The SMILES string of the molecule is CC1CC1COC(=O)CC1=CCCCC1. The lowest BCUT2D eigenvalue weighted by atomic mass is 9.97. The fourth-order valence-corrected chi connectivity index (χ4v) is 2.13. The van der Waals surface area contributed by atoms with E-state index in [-0.39, 0.29) is 5.97 Å². The third-order valence-corrected chi connectivity index (χ3v) is 3.49. The number of allylic oxidation sites excluding steroid dienone is 1. The lowest BCUT2D eigenvalue weighted by molar-refractivity contribution is -0.143. The first-order valence-electron chi connectivity index (χ1n) is 6.09. The number of hydrogen-bond acceptors (Lipinski definition) is 2. The molecule has 0 heterocycles. The highest BCUT2D eigenvalue weighted by atomic mass is 16.5. The van der Waals surface area contributed by atoms with Crippen LogP contribution in [0.25, 0.3) is 0 Å². The molecule has 0 amide bonds. The Balaban J connectivity index is 1.65. The van der Waals surface area contributed by atoms with Crippen molar-refractivity contribution in [1.82, 2.24) is 0 Å². The highest BCUT2D eigenvalue weighted by Gasteiger charge is 2.33. The highest BCUT2D eigenvalue weighted by Crippen LogP contribution is 2.37. The van der Waals surface area contributed by atoms with Gasteiger partial charge in [0.25, 0.3) is 0 Å². The Kier molecular flexibility index (Phi) is 3.45. The third kappa shape index (κ3) is 3.37. The van der Waals surface area contributed by atoms with Crippen molar-refractivity contribution in [2.75, 3.05) is 6.61 Å². The van der Waals surface area contributed by atoms with Gasteiger partial charge in [-0.3, -0.25) is 4.79 Å². The van der Waals surface area contributed by atoms with E-state index in [1.807, 2.05) is 0 Å². The molecule has 1 fully saturated rings. The van der Waals surface area contributed by atoms with Crippen LogP contribution in [0, 0.1) is 11.8 Å². The molecule has 0 bridgehead atoms. The van der Waals surface area contributed by atoms with Gasteiger partial charge in [0.2, 0.25) is 0 Å². The van der Waals surface area contributed by atoms with E-state index in [9.17, 15) is 4.79 Å². The maximum Gasteiger partial charge on any atom is 0.309 e. The minimum Gasteiger partial charge on any atom is -0.465 e. The van der Waals surface area contributed by atoms with Gasteiger partial charge in [0, 0.05) is 0 Å². The molecule has 15 heavy (non-hydrogen) atoms. The Morgan fingerprint density at radius 3 is 2.93 bits per heavy atom. The molecule has 0 aliphatic heterocycles. The zero-order valence-electron chi connectivity index (χ0n) is 9.50. The average Bonchev–Trinajstić information content (AvgIpc) is 2.93. The molecule has 0 N–H and O–H groups in total. The minimum absolute atomic E-state index is 0.0257. The van der Waals surface area contributed by atoms with Gasteiger partial charge in [-0.05, 0) is 43.9 Å². The largest absolute Gasteiger partial charge is 0.465 e. The second kappa shape index (κ2) is 4.82. The topological polar surface area (TPSA) is 26.3 Å². The van der Waals surface area contributed by atoms with Crippen molar-refractivity contribution in [3.05, 3.63) is 11.6 Å². The van der Waals surface area contributed by atoms with Gasteiger partial charge < -0.3 is 4.74 Å². The molecular formula is C13H20O2. The van der Waals surface area contributed by atoms with E-state index < -0.39 is 0 Å². The van der Waals surface area contributed by atoms with E-state index >= 15 is 0 Å². The van der Waals surface area contributed by atoms with E-state index in [0.717, 1.165) is 18.8 Å². The minimum atomic E-state index is -0.0257. The van der Waals surface area contributed by atoms with Crippen molar-refractivity contribution in [2.24, 2.45) is 11.8 Å². The second-order valence-corrected chi connectivity index (χ2v) is 4.94. The molecule has 2 heteroatoms. The molecule has 2 aliphatic rings. The molecule has 0 aromatic heterocycles. The molecule has 2 rings (SSSR count).